The van der Waals surface area contributed by atoms with Crippen molar-refractivity contribution in [2.45, 2.75) is 31.9 Å². The average molecular weight is 535 g/mol. The van der Waals surface area contributed by atoms with Crippen LogP contribution in [-0.4, -0.2) is 81.3 Å². The lowest BCUT2D eigenvalue weighted by molar-refractivity contribution is 0.132. The molecule has 1 saturated carbocycles. The van der Waals surface area contributed by atoms with Crippen molar-refractivity contribution in [1.29, 1.82) is 0 Å². The van der Waals surface area contributed by atoms with Gasteiger partial charge in [0.05, 0.1) is 12.1 Å². The van der Waals surface area contributed by atoms with Crippen LogP contribution in [0.2, 0.25) is 0 Å². The summed E-state index contributed by atoms with van der Waals surface area (Å²) in [6.07, 6.45) is 3.27. The van der Waals surface area contributed by atoms with Crippen LogP contribution in [0, 0.1) is 11.6 Å². The third-order valence-electron chi connectivity index (χ3n) is 7.53. The summed E-state index contributed by atoms with van der Waals surface area (Å²) in [6.45, 7) is 7.15. The zero-order valence-electron chi connectivity index (χ0n) is 22.2. The minimum Gasteiger partial charge on any atom is -0.489 e. The smallest absolute Gasteiger partial charge is 0.245 e. The van der Waals surface area contributed by atoms with E-state index in [1.54, 1.807) is 4.57 Å². The van der Waals surface area contributed by atoms with Crippen molar-refractivity contribution < 1.29 is 18.3 Å². The van der Waals surface area contributed by atoms with E-state index in [0.29, 0.717) is 30.1 Å². The van der Waals surface area contributed by atoms with Gasteiger partial charge < -0.3 is 18.9 Å². The second kappa shape index (κ2) is 10.5. The van der Waals surface area contributed by atoms with Gasteiger partial charge >= 0.3 is 0 Å². The van der Waals surface area contributed by atoms with E-state index in [2.05, 4.69) is 26.8 Å². The first-order chi connectivity index (χ1) is 18.9. The zero-order chi connectivity index (χ0) is 27.0. The molecule has 2 aliphatic rings. The zero-order valence-corrected chi connectivity index (χ0v) is 22.2. The van der Waals surface area contributed by atoms with Crippen LogP contribution in [0.1, 0.15) is 25.3 Å². The molecule has 1 aliphatic heterocycles. The Labute approximate surface area is 226 Å². The van der Waals surface area contributed by atoms with Crippen LogP contribution in [0.25, 0.3) is 22.6 Å². The van der Waals surface area contributed by atoms with Crippen LogP contribution < -0.4 is 9.47 Å². The summed E-state index contributed by atoms with van der Waals surface area (Å²) in [4.78, 5) is 18.0. The lowest BCUT2D eigenvalue weighted by atomic mass is 10.1. The van der Waals surface area contributed by atoms with Gasteiger partial charge in [0.1, 0.15) is 24.4 Å². The molecule has 2 fully saturated rings. The first-order valence-corrected chi connectivity index (χ1v) is 13.4. The van der Waals surface area contributed by atoms with E-state index in [0.717, 1.165) is 44.6 Å². The highest BCUT2D eigenvalue weighted by molar-refractivity contribution is 5.81. The van der Waals surface area contributed by atoms with Crippen molar-refractivity contribution >= 4 is 11.2 Å². The van der Waals surface area contributed by atoms with Crippen molar-refractivity contribution in [1.82, 2.24) is 29.3 Å². The van der Waals surface area contributed by atoms with Gasteiger partial charge in [-0.05, 0) is 44.5 Å². The van der Waals surface area contributed by atoms with Crippen molar-refractivity contribution in [3.63, 3.8) is 0 Å². The number of imidazole rings is 1. The lowest BCUT2D eigenvalue weighted by Crippen LogP contribution is -2.45. The molecule has 4 aromatic rings. The molecule has 1 saturated heterocycles. The number of nitrogens with zero attached hydrogens (tertiary/aromatic N) is 6. The lowest BCUT2D eigenvalue weighted by Gasteiger charge is -2.32. The Morgan fingerprint density at radius 3 is 2.46 bits per heavy atom. The Hall–Kier alpha value is -3.63. The molecule has 0 bridgehead atoms. The van der Waals surface area contributed by atoms with Crippen molar-refractivity contribution in [3.8, 4) is 23.0 Å². The van der Waals surface area contributed by atoms with E-state index in [9.17, 15) is 0 Å². The molecule has 0 unspecified atom stereocenters. The fourth-order valence-corrected chi connectivity index (χ4v) is 4.80. The molecule has 204 valence electrons. The summed E-state index contributed by atoms with van der Waals surface area (Å²) in [7, 11) is 2.09. The molecular weight excluding hydrogens is 502 g/mol. The Morgan fingerprint density at radius 1 is 0.949 bits per heavy atom. The first-order valence-electron chi connectivity index (χ1n) is 13.4. The van der Waals surface area contributed by atoms with Crippen LogP contribution in [-0.2, 0) is 6.54 Å². The third-order valence-corrected chi connectivity index (χ3v) is 7.53. The second-order valence-electron chi connectivity index (χ2n) is 10.6. The summed E-state index contributed by atoms with van der Waals surface area (Å²) >= 11 is 0. The molecule has 6 rings (SSSR count). The largest absolute Gasteiger partial charge is 0.489 e. The minimum absolute atomic E-state index is 0.0245. The van der Waals surface area contributed by atoms with E-state index < -0.39 is 11.6 Å². The highest BCUT2D eigenvalue weighted by atomic mass is 19.2. The van der Waals surface area contributed by atoms with Crippen molar-refractivity contribution in [3.05, 3.63) is 66.0 Å². The molecule has 2 aromatic heterocycles. The molecule has 39 heavy (non-hydrogen) atoms. The summed E-state index contributed by atoms with van der Waals surface area (Å²) in [5.74, 6) is -1.56. The summed E-state index contributed by atoms with van der Waals surface area (Å²) in [6, 6.07) is 12.7. The quantitative estimate of drug-likeness (QED) is 0.316. The number of hydrogen-bond acceptors (Lipinski definition) is 7. The second-order valence-corrected chi connectivity index (χ2v) is 10.6. The van der Waals surface area contributed by atoms with Crippen LogP contribution in [0.4, 0.5) is 8.78 Å². The van der Waals surface area contributed by atoms with Crippen molar-refractivity contribution in [2.24, 2.45) is 0 Å². The molecular formula is C29H32F2N6O2. The van der Waals surface area contributed by atoms with Crippen molar-refractivity contribution in [2.75, 3.05) is 46.4 Å². The highest BCUT2D eigenvalue weighted by Crippen LogP contribution is 2.41. The van der Waals surface area contributed by atoms with Crippen LogP contribution in [0.5, 0.6) is 11.6 Å². The van der Waals surface area contributed by atoms with Crippen LogP contribution in [0.3, 0.4) is 0 Å². The Balaban J connectivity index is 1.32. The van der Waals surface area contributed by atoms with Gasteiger partial charge in [-0.1, -0.05) is 30.3 Å². The molecule has 0 spiro atoms. The van der Waals surface area contributed by atoms with Gasteiger partial charge in [-0.25, -0.2) is 14.4 Å². The molecule has 0 amide bonds. The topological polar surface area (TPSA) is 68.5 Å². The van der Waals surface area contributed by atoms with Gasteiger partial charge in [-0.15, -0.1) is 0 Å². The van der Waals surface area contributed by atoms with Gasteiger partial charge in [0.15, 0.2) is 22.7 Å². The highest BCUT2D eigenvalue weighted by Gasteiger charge is 2.41. The number of piperazine rings is 1. The maximum Gasteiger partial charge on any atom is 0.245 e. The molecule has 0 atom stereocenters. The number of benzene rings is 2. The van der Waals surface area contributed by atoms with Crippen LogP contribution in [0.15, 0.2) is 48.8 Å². The normalized spacial score (nSPS) is 17.4. The van der Waals surface area contributed by atoms with E-state index in [4.69, 9.17) is 14.5 Å². The van der Waals surface area contributed by atoms with E-state index in [1.807, 2.05) is 37.3 Å². The first kappa shape index (κ1) is 25.6. The summed E-state index contributed by atoms with van der Waals surface area (Å²) in [5, 5.41) is 0. The summed E-state index contributed by atoms with van der Waals surface area (Å²) in [5.41, 5.74) is 1.62. The number of rotatable bonds is 9. The fourth-order valence-electron chi connectivity index (χ4n) is 4.80. The number of aromatic nitrogens is 4. The predicted octanol–water partition coefficient (Wildman–Crippen LogP) is 4.38. The van der Waals surface area contributed by atoms with Gasteiger partial charge in [0, 0.05) is 32.7 Å². The Kier molecular flexibility index (Phi) is 6.90. The number of halogens is 2. The molecule has 1 aliphatic carbocycles. The van der Waals surface area contributed by atoms with Gasteiger partial charge in [0.25, 0.3) is 0 Å². The standard InChI is InChI=1S/C29H32F2N6O2/c1-29(10-11-29)39-28-25-27(32-19-33-28)37(18-20-6-4-3-5-7-20)26(34-25)21-8-9-22(24(31)23(21)30)38-17-16-36-14-12-35(2)13-15-36/h3-9,19H,10-18H2,1-2H3. The summed E-state index contributed by atoms with van der Waals surface area (Å²) < 4.78 is 44.5. The van der Waals surface area contributed by atoms with Gasteiger partial charge in [-0.3, -0.25) is 4.90 Å². The molecule has 0 radical (unpaired) electrons. The predicted molar refractivity (Wildman–Crippen MR) is 144 cm³/mol. The van der Waals surface area contributed by atoms with E-state index >= 15 is 8.78 Å². The van der Waals surface area contributed by atoms with E-state index in [-0.39, 0.29) is 29.3 Å². The fraction of sp³-hybridized carbons (Fsp3) is 0.414. The number of ether oxygens (including phenoxy) is 2. The van der Waals surface area contributed by atoms with Gasteiger partial charge in [0.2, 0.25) is 11.7 Å². The molecule has 8 nitrogen and oxygen atoms in total. The van der Waals surface area contributed by atoms with E-state index in [1.165, 1.54) is 18.5 Å². The number of hydrogen-bond donors (Lipinski definition) is 0. The molecule has 2 aromatic carbocycles. The monoisotopic (exact) mass is 534 g/mol. The number of fused-ring (bicyclic) bond motifs is 1. The third kappa shape index (κ3) is 5.44. The van der Waals surface area contributed by atoms with Gasteiger partial charge in [-0.2, -0.15) is 9.37 Å². The SMILES string of the molecule is CN1CCN(CCOc2ccc(-c3nc4c(OC5(C)CC5)ncnc4n3Cc3ccccc3)c(F)c2F)CC1. The maximum atomic E-state index is 15.6. The molecule has 0 N–H and O–H groups in total. The molecule has 3 heterocycles. The molecule has 10 heteroatoms. The maximum absolute atomic E-state index is 15.6. The Bertz CT molecular complexity index is 1470. The van der Waals surface area contributed by atoms with Crippen LogP contribution >= 0.6 is 0 Å². The number of likely N-dealkylation sites (N-methyl/N-ethyl adjacent to an activating group) is 1. The Morgan fingerprint density at radius 2 is 1.72 bits per heavy atom. The minimum atomic E-state index is -1.03. The average Bonchev–Trinajstić information content (AvgIpc) is 3.56.